The molecule has 0 atom stereocenters. The summed E-state index contributed by atoms with van der Waals surface area (Å²) in [4.78, 5) is 40.2. The Morgan fingerprint density at radius 3 is 2.54 bits per heavy atom. The highest BCUT2D eigenvalue weighted by Gasteiger charge is 2.26. The van der Waals surface area contributed by atoms with E-state index in [2.05, 4.69) is 10.3 Å². The number of hydrogen-bond acceptors (Lipinski definition) is 6. The Morgan fingerprint density at radius 1 is 1.07 bits per heavy atom. The second kappa shape index (κ2) is 8.71. The summed E-state index contributed by atoms with van der Waals surface area (Å²) in [6.45, 7) is 3.68. The summed E-state index contributed by atoms with van der Waals surface area (Å²) >= 11 is 1.09. The number of rotatable bonds is 7. The van der Waals surface area contributed by atoms with Gasteiger partial charge in [-0.05, 0) is 25.5 Å². The molecule has 1 amide bonds. The van der Waals surface area contributed by atoms with E-state index in [1.807, 2.05) is 24.3 Å². The molecule has 1 aromatic carbocycles. The molecule has 0 fully saturated rings. The van der Waals surface area contributed by atoms with Crippen molar-refractivity contribution in [2.24, 2.45) is 0 Å². The fourth-order valence-electron chi connectivity index (χ4n) is 2.84. The van der Waals surface area contributed by atoms with E-state index < -0.39 is 11.9 Å². The smallest absolute Gasteiger partial charge is 0.342 e. The van der Waals surface area contributed by atoms with Crippen LogP contribution in [0, 0.1) is 0 Å². The molecular formula is C20H20N2O5S. The van der Waals surface area contributed by atoms with Crippen LogP contribution in [0.5, 0.6) is 0 Å². The predicted octanol–water partition coefficient (Wildman–Crippen LogP) is 3.76. The van der Waals surface area contributed by atoms with Gasteiger partial charge in [0.1, 0.15) is 10.6 Å². The van der Waals surface area contributed by atoms with Gasteiger partial charge in [0.25, 0.3) is 0 Å². The predicted molar refractivity (Wildman–Crippen MR) is 107 cm³/mol. The summed E-state index contributed by atoms with van der Waals surface area (Å²) in [5, 5.41) is 5.45. The summed E-state index contributed by atoms with van der Waals surface area (Å²) in [5.74, 6) is -1.60. The number of amides is 1. The van der Waals surface area contributed by atoms with Crippen molar-refractivity contribution in [3.8, 4) is 0 Å². The second-order valence-corrected chi connectivity index (χ2v) is 6.76. The minimum atomic E-state index is -0.672. The minimum absolute atomic E-state index is 0.0255. The van der Waals surface area contributed by atoms with E-state index in [9.17, 15) is 14.4 Å². The maximum atomic E-state index is 12.6. The molecule has 8 heteroatoms. The number of benzene rings is 1. The number of fused-ring (bicyclic) bond motifs is 1. The Kier molecular flexibility index (Phi) is 6.10. The van der Waals surface area contributed by atoms with Crippen LogP contribution in [0.4, 0.5) is 5.00 Å². The van der Waals surface area contributed by atoms with Gasteiger partial charge in [-0.25, -0.2) is 9.59 Å². The number of esters is 2. The molecule has 2 N–H and O–H groups in total. The van der Waals surface area contributed by atoms with E-state index in [1.54, 1.807) is 20.0 Å². The molecule has 0 radical (unpaired) electrons. The number of carbonyl (C=O) groups is 3. The van der Waals surface area contributed by atoms with Crippen molar-refractivity contribution >= 4 is 45.1 Å². The van der Waals surface area contributed by atoms with E-state index in [1.165, 1.54) is 5.38 Å². The largest absolute Gasteiger partial charge is 0.462 e. The first kappa shape index (κ1) is 19.6. The van der Waals surface area contributed by atoms with Crippen molar-refractivity contribution in [1.82, 2.24) is 4.98 Å². The maximum Gasteiger partial charge on any atom is 0.342 e. The van der Waals surface area contributed by atoms with Crippen LogP contribution < -0.4 is 5.32 Å². The van der Waals surface area contributed by atoms with Gasteiger partial charge in [-0.2, -0.15) is 0 Å². The first-order valence-electron chi connectivity index (χ1n) is 8.85. The van der Waals surface area contributed by atoms with E-state index in [-0.39, 0.29) is 41.7 Å². The SMILES string of the molecule is CCOC(=O)c1csc(NC(=O)Cc2c[nH]c3ccccc23)c1C(=O)OCC. The number of aromatic nitrogens is 1. The van der Waals surface area contributed by atoms with Crippen LogP contribution in [0.25, 0.3) is 10.9 Å². The van der Waals surface area contributed by atoms with Crippen LogP contribution >= 0.6 is 11.3 Å². The summed E-state index contributed by atoms with van der Waals surface area (Å²) in [6, 6.07) is 7.68. The number of nitrogens with one attached hydrogen (secondary N) is 2. The third kappa shape index (κ3) is 4.07. The molecule has 0 saturated heterocycles. The van der Waals surface area contributed by atoms with E-state index >= 15 is 0 Å². The van der Waals surface area contributed by atoms with E-state index in [4.69, 9.17) is 9.47 Å². The lowest BCUT2D eigenvalue weighted by molar-refractivity contribution is -0.115. The standard InChI is InChI=1S/C20H20N2O5S/c1-3-26-19(24)14-11-28-18(17(14)20(25)27-4-2)22-16(23)9-12-10-21-15-8-6-5-7-13(12)15/h5-8,10-11,21H,3-4,9H2,1-2H3,(H,22,23). The van der Waals surface area contributed by atoms with Gasteiger partial charge < -0.3 is 19.8 Å². The zero-order valence-corrected chi connectivity index (χ0v) is 16.4. The lowest BCUT2D eigenvalue weighted by Gasteiger charge is -2.08. The van der Waals surface area contributed by atoms with E-state index in [0.717, 1.165) is 27.8 Å². The summed E-state index contributed by atoms with van der Waals surface area (Å²) in [5.41, 5.74) is 1.90. The topological polar surface area (TPSA) is 97.5 Å². The third-order valence-corrected chi connectivity index (χ3v) is 4.94. The molecule has 0 aliphatic rings. The van der Waals surface area contributed by atoms with Crippen LogP contribution in [-0.4, -0.2) is 36.0 Å². The quantitative estimate of drug-likeness (QED) is 0.589. The van der Waals surface area contributed by atoms with Crippen molar-refractivity contribution in [2.45, 2.75) is 20.3 Å². The first-order valence-corrected chi connectivity index (χ1v) is 9.73. The molecule has 2 aromatic heterocycles. The van der Waals surface area contributed by atoms with Crippen molar-refractivity contribution in [3.63, 3.8) is 0 Å². The van der Waals surface area contributed by atoms with Crippen LogP contribution in [0.1, 0.15) is 40.1 Å². The van der Waals surface area contributed by atoms with Crippen LogP contribution in [0.3, 0.4) is 0 Å². The van der Waals surface area contributed by atoms with Gasteiger partial charge in [0.2, 0.25) is 5.91 Å². The number of para-hydroxylation sites is 1. The molecule has 2 heterocycles. The number of aromatic amines is 1. The average Bonchev–Trinajstić information content (AvgIpc) is 3.27. The van der Waals surface area contributed by atoms with Crippen LogP contribution in [0.2, 0.25) is 0 Å². The van der Waals surface area contributed by atoms with E-state index in [0.29, 0.717) is 0 Å². The number of H-pyrrole nitrogens is 1. The lowest BCUT2D eigenvalue weighted by Crippen LogP contribution is -2.18. The number of anilines is 1. The highest BCUT2D eigenvalue weighted by Crippen LogP contribution is 2.30. The van der Waals surface area contributed by atoms with Crippen molar-refractivity contribution < 1.29 is 23.9 Å². The van der Waals surface area contributed by atoms with Gasteiger partial charge in [0, 0.05) is 22.5 Å². The highest BCUT2D eigenvalue weighted by atomic mass is 32.1. The fraction of sp³-hybridized carbons (Fsp3) is 0.250. The number of hydrogen-bond donors (Lipinski definition) is 2. The number of carbonyl (C=O) groups excluding carboxylic acids is 3. The average molecular weight is 400 g/mol. The lowest BCUT2D eigenvalue weighted by atomic mass is 10.1. The van der Waals surface area contributed by atoms with Crippen molar-refractivity contribution in [1.29, 1.82) is 0 Å². The number of ether oxygens (including phenoxy) is 2. The monoisotopic (exact) mass is 400 g/mol. The highest BCUT2D eigenvalue weighted by molar-refractivity contribution is 7.15. The molecule has 0 bridgehead atoms. The Balaban J connectivity index is 1.83. The molecule has 28 heavy (non-hydrogen) atoms. The molecule has 0 saturated carbocycles. The minimum Gasteiger partial charge on any atom is -0.462 e. The Labute approximate surface area is 165 Å². The van der Waals surface area contributed by atoms with Crippen molar-refractivity contribution in [3.05, 3.63) is 52.5 Å². The Bertz CT molecular complexity index is 1020. The Hall–Kier alpha value is -3.13. The second-order valence-electron chi connectivity index (χ2n) is 5.88. The van der Waals surface area contributed by atoms with Gasteiger partial charge >= 0.3 is 11.9 Å². The molecule has 3 rings (SSSR count). The normalized spacial score (nSPS) is 10.6. The zero-order chi connectivity index (χ0) is 20.1. The molecule has 0 aliphatic heterocycles. The van der Waals surface area contributed by atoms with Gasteiger partial charge in [-0.15, -0.1) is 11.3 Å². The van der Waals surface area contributed by atoms with Crippen LogP contribution in [-0.2, 0) is 20.7 Å². The number of thiophene rings is 1. The molecule has 0 aliphatic carbocycles. The summed E-state index contributed by atoms with van der Waals surface area (Å²) in [6.07, 6.45) is 1.91. The van der Waals surface area contributed by atoms with Gasteiger partial charge in [-0.3, -0.25) is 4.79 Å². The Morgan fingerprint density at radius 2 is 1.79 bits per heavy atom. The molecular weight excluding hydrogens is 380 g/mol. The first-order chi connectivity index (χ1) is 13.5. The summed E-state index contributed by atoms with van der Waals surface area (Å²) < 4.78 is 10.0. The molecule has 3 aromatic rings. The van der Waals surface area contributed by atoms with Crippen LogP contribution in [0.15, 0.2) is 35.8 Å². The maximum absolute atomic E-state index is 12.6. The summed E-state index contributed by atoms with van der Waals surface area (Å²) in [7, 11) is 0. The fourth-order valence-corrected chi connectivity index (χ4v) is 3.77. The zero-order valence-electron chi connectivity index (χ0n) is 15.5. The third-order valence-electron chi connectivity index (χ3n) is 4.04. The molecule has 0 unspecified atom stereocenters. The van der Waals surface area contributed by atoms with Crippen molar-refractivity contribution in [2.75, 3.05) is 18.5 Å². The molecule has 7 nitrogen and oxygen atoms in total. The van der Waals surface area contributed by atoms with Gasteiger partial charge in [0.15, 0.2) is 0 Å². The molecule has 0 spiro atoms. The molecule has 146 valence electrons. The van der Waals surface area contributed by atoms with Gasteiger partial charge in [-0.1, -0.05) is 18.2 Å². The van der Waals surface area contributed by atoms with Gasteiger partial charge in [0.05, 0.1) is 25.2 Å².